The normalized spacial score (nSPS) is 11.8. The highest BCUT2D eigenvalue weighted by atomic mass is 14.9. The SMILES string of the molecule is CC(c1ccccn1)(c1ccccn1)c1cccc(C(C)(c2cnccn2)c2cnccn2)n1. The van der Waals surface area contributed by atoms with Gasteiger partial charge in [-0.2, -0.15) is 0 Å². The number of hydrogen-bond acceptors (Lipinski definition) is 7. The monoisotopic (exact) mass is 445 g/mol. The summed E-state index contributed by atoms with van der Waals surface area (Å²) in [4.78, 5) is 32.4. The van der Waals surface area contributed by atoms with Crippen LogP contribution in [0.25, 0.3) is 0 Å². The minimum Gasteiger partial charge on any atom is -0.261 e. The van der Waals surface area contributed by atoms with Crippen LogP contribution < -0.4 is 0 Å². The highest BCUT2D eigenvalue weighted by molar-refractivity contribution is 5.45. The second-order valence-electron chi connectivity index (χ2n) is 8.27. The lowest BCUT2D eigenvalue weighted by Crippen LogP contribution is -2.33. The first-order valence-corrected chi connectivity index (χ1v) is 11.0. The smallest absolute Gasteiger partial charge is 0.0970 e. The van der Waals surface area contributed by atoms with Gasteiger partial charge in [-0.05, 0) is 50.2 Å². The Labute approximate surface area is 198 Å². The van der Waals surface area contributed by atoms with E-state index in [1.165, 1.54) is 0 Å². The molecule has 0 saturated heterocycles. The van der Waals surface area contributed by atoms with Crippen LogP contribution in [0.5, 0.6) is 0 Å². The van der Waals surface area contributed by atoms with E-state index in [1.54, 1.807) is 49.6 Å². The quantitative estimate of drug-likeness (QED) is 0.388. The summed E-state index contributed by atoms with van der Waals surface area (Å²) in [7, 11) is 0. The molecule has 5 aromatic rings. The molecule has 0 amide bonds. The van der Waals surface area contributed by atoms with Crippen LogP contribution in [0.1, 0.15) is 48.0 Å². The molecule has 0 aliphatic rings. The van der Waals surface area contributed by atoms with Crippen LogP contribution in [0.2, 0.25) is 0 Å². The fourth-order valence-corrected chi connectivity index (χ4v) is 4.21. The van der Waals surface area contributed by atoms with Gasteiger partial charge in [-0.25, -0.2) is 0 Å². The molecule has 5 aromatic heterocycles. The molecule has 7 heteroatoms. The lowest BCUT2D eigenvalue weighted by Gasteiger charge is -2.32. The Hall–Kier alpha value is -4.39. The first kappa shape index (κ1) is 21.5. The third kappa shape index (κ3) is 3.61. The van der Waals surface area contributed by atoms with Crippen LogP contribution in [-0.4, -0.2) is 34.9 Å². The zero-order valence-electron chi connectivity index (χ0n) is 18.9. The van der Waals surface area contributed by atoms with Gasteiger partial charge >= 0.3 is 0 Å². The molecule has 0 N–H and O–H groups in total. The van der Waals surface area contributed by atoms with Gasteiger partial charge in [0.05, 0.1) is 45.0 Å². The standard InChI is InChI=1S/C27H23N7/c1-26(20-8-3-5-12-30-20,21-9-4-6-13-31-21)22-10-7-11-23(34-22)27(2,24-18-28-14-16-32-24)25-19-29-15-17-33-25/h3-19H,1-2H3. The van der Waals surface area contributed by atoms with Crippen molar-refractivity contribution in [2.75, 3.05) is 0 Å². The van der Waals surface area contributed by atoms with Gasteiger partial charge in [0.2, 0.25) is 0 Å². The van der Waals surface area contributed by atoms with Crippen LogP contribution in [0.3, 0.4) is 0 Å². The fraction of sp³-hybridized carbons (Fsp3) is 0.148. The molecule has 0 unspecified atom stereocenters. The van der Waals surface area contributed by atoms with E-state index in [0.717, 1.165) is 34.2 Å². The van der Waals surface area contributed by atoms with Gasteiger partial charge in [-0.3, -0.25) is 34.9 Å². The topological polar surface area (TPSA) is 90.2 Å². The fourth-order valence-electron chi connectivity index (χ4n) is 4.21. The summed E-state index contributed by atoms with van der Waals surface area (Å²) in [5, 5.41) is 0. The molecule has 5 rings (SSSR count). The van der Waals surface area contributed by atoms with Gasteiger partial charge in [0, 0.05) is 49.6 Å². The average Bonchev–Trinajstić information content (AvgIpc) is 2.94. The van der Waals surface area contributed by atoms with Crippen molar-refractivity contribution in [1.29, 1.82) is 0 Å². The molecular weight excluding hydrogens is 422 g/mol. The van der Waals surface area contributed by atoms with E-state index in [-0.39, 0.29) is 0 Å². The van der Waals surface area contributed by atoms with Crippen LogP contribution >= 0.6 is 0 Å². The summed E-state index contributed by atoms with van der Waals surface area (Å²) in [6.45, 7) is 4.15. The number of hydrogen-bond donors (Lipinski definition) is 0. The van der Waals surface area contributed by atoms with Crippen LogP contribution in [0.4, 0.5) is 0 Å². The highest BCUT2D eigenvalue weighted by Gasteiger charge is 2.40. The molecule has 0 aliphatic carbocycles. The predicted molar refractivity (Wildman–Crippen MR) is 128 cm³/mol. The molecule has 0 radical (unpaired) electrons. The summed E-state index contributed by atoms with van der Waals surface area (Å²) in [6, 6.07) is 17.8. The Bertz CT molecular complexity index is 1180. The van der Waals surface area contributed by atoms with E-state index in [4.69, 9.17) is 4.98 Å². The van der Waals surface area contributed by atoms with Crippen molar-refractivity contribution in [3.63, 3.8) is 0 Å². The molecule has 0 atom stereocenters. The third-order valence-corrected chi connectivity index (χ3v) is 6.28. The molecule has 34 heavy (non-hydrogen) atoms. The zero-order valence-corrected chi connectivity index (χ0v) is 18.9. The van der Waals surface area contributed by atoms with E-state index < -0.39 is 10.8 Å². The number of rotatable bonds is 6. The van der Waals surface area contributed by atoms with Gasteiger partial charge in [0.15, 0.2) is 0 Å². The summed E-state index contributed by atoms with van der Waals surface area (Å²) in [5.74, 6) is 0. The molecule has 0 saturated carbocycles. The number of nitrogens with zero attached hydrogens (tertiary/aromatic N) is 7. The third-order valence-electron chi connectivity index (χ3n) is 6.28. The van der Waals surface area contributed by atoms with Gasteiger partial charge < -0.3 is 0 Å². The van der Waals surface area contributed by atoms with E-state index in [2.05, 4.69) is 36.8 Å². The van der Waals surface area contributed by atoms with Gasteiger partial charge in [-0.15, -0.1) is 0 Å². The molecule has 0 fully saturated rings. The first-order valence-electron chi connectivity index (χ1n) is 11.0. The highest BCUT2D eigenvalue weighted by Crippen LogP contribution is 2.39. The van der Waals surface area contributed by atoms with Crippen LogP contribution in [0, 0.1) is 0 Å². The molecule has 0 aromatic carbocycles. The molecule has 166 valence electrons. The van der Waals surface area contributed by atoms with Crippen LogP contribution in [-0.2, 0) is 10.8 Å². The minimum absolute atomic E-state index is 0.676. The minimum atomic E-state index is -0.770. The van der Waals surface area contributed by atoms with Crippen LogP contribution in [0.15, 0.2) is 104 Å². The van der Waals surface area contributed by atoms with Gasteiger partial charge in [0.25, 0.3) is 0 Å². The summed E-state index contributed by atoms with van der Waals surface area (Å²) in [6.07, 6.45) is 13.8. The zero-order chi connectivity index (χ0) is 23.4. The molecule has 7 nitrogen and oxygen atoms in total. The van der Waals surface area contributed by atoms with Crippen molar-refractivity contribution in [3.05, 3.63) is 138 Å². The number of pyridine rings is 3. The molecule has 5 heterocycles. The Kier molecular flexibility index (Phi) is 5.59. The van der Waals surface area contributed by atoms with E-state index in [1.807, 2.05) is 61.5 Å². The Morgan fingerprint density at radius 2 is 0.882 bits per heavy atom. The lowest BCUT2D eigenvalue weighted by atomic mass is 9.76. The molecule has 0 spiro atoms. The maximum Gasteiger partial charge on any atom is 0.0970 e. The van der Waals surface area contributed by atoms with Crippen molar-refractivity contribution in [1.82, 2.24) is 34.9 Å². The van der Waals surface area contributed by atoms with E-state index in [9.17, 15) is 0 Å². The molecule has 0 bridgehead atoms. The van der Waals surface area contributed by atoms with Crippen molar-refractivity contribution in [3.8, 4) is 0 Å². The molecule has 0 aliphatic heterocycles. The van der Waals surface area contributed by atoms with Gasteiger partial charge in [0.1, 0.15) is 0 Å². The van der Waals surface area contributed by atoms with E-state index >= 15 is 0 Å². The number of aromatic nitrogens is 7. The Morgan fingerprint density at radius 3 is 1.29 bits per heavy atom. The summed E-state index contributed by atoms with van der Waals surface area (Å²) >= 11 is 0. The maximum absolute atomic E-state index is 5.21. The summed E-state index contributed by atoms with van der Waals surface area (Å²) in [5.41, 5.74) is 3.34. The van der Waals surface area contributed by atoms with E-state index in [0.29, 0.717) is 0 Å². The largest absolute Gasteiger partial charge is 0.261 e. The first-order chi connectivity index (χ1) is 16.6. The van der Waals surface area contributed by atoms with Crippen molar-refractivity contribution in [2.45, 2.75) is 24.7 Å². The van der Waals surface area contributed by atoms with Crippen molar-refractivity contribution in [2.24, 2.45) is 0 Å². The summed E-state index contributed by atoms with van der Waals surface area (Å²) < 4.78 is 0. The van der Waals surface area contributed by atoms with Gasteiger partial charge in [-0.1, -0.05) is 18.2 Å². The van der Waals surface area contributed by atoms with Crippen molar-refractivity contribution < 1.29 is 0 Å². The second-order valence-corrected chi connectivity index (χ2v) is 8.27. The maximum atomic E-state index is 5.21. The Morgan fingerprint density at radius 1 is 0.441 bits per heavy atom. The van der Waals surface area contributed by atoms with Crippen molar-refractivity contribution >= 4 is 0 Å². The molecular formula is C27H23N7. The second kappa shape index (κ2) is 8.86. The predicted octanol–water partition coefficient (Wildman–Crippen LogP) is 4.16. The Balaban J connectivity index is 1.74. The lowest BCUT2D eigenvalue weighted by molar-refractivity contribution is 0.578. The average molecular weight is 446 g/mol.